The lowest BCUT2D eigenvalue weighted by molar-refractivity contribution is -0.905. The molecule has 1 aromatic rings. The maximum Gasteiger partial charge on any atom is 0.156 e. The summed E-state index contributed by atoms with van der Waals surface area (Å²) in [5, 5.41) is 11.1. The first-order valence-electron chi connectivity index (χ1n) is 7.68. The van der Waals surface area contributed by atoms with Gasteiger partial charge in [-0.1, -0.05) is 36.2 Å². The molecule has 21 heavy (non-hydrogen) atoms. The maximum absolute atomic E-state index is 10.2. The summed E-state index contributed by atoms with van der Waals surface area (Å²) in [4.78, 5) is 1.46. The number of aliphatic hydroxyl groups excluding tert-OH is 1. The largest absolute Gasteiger partial charge is 0.488 e. The van der Waals surface area contributed by atoms with E-state index in [1.54, 1.807) is 18.2 Å². The molecule has 1 aliphatic rings. The molecule has 1 unspecified atom stereocenters. The van der Waals surface area contributed by atoms with Gasteiger partial charge in [0.15, 0.2) is 5.75 Å². The minimum atomic E-state index is -0.502. The quantitative estimate of drug-likeness (QED) is 0.728. The predicted molar refractivity (Wildman–Crippen MR) is 86.5 cm³/mol. The molecule has 0 bridgehead atoms. The average Bonchev–Trinajstić information content (AvgIpc) is 3.22. The summed E-state index contributed by atoms with van der Waals surface area (Å²) >= 11 is 12.1. The van der Waals surface area contributed by atoms with Crippen molar-refractivity contribution in [2.45, 2.75) is 32.3 Å². The standard InChI is InChI=1S/C16H23Cl2NO2/c1-2-8-19(9-12-6-7-12)10-13(20)11-21-16-14(17)4-3-5-15(16)18/h3-5,12-13,20H,2,6-11H2,1H3/p+1/t13-/m0/s1. The first kappa shape index (κ1) is 16.9. The molecule has 2 rings (SSSR count). The molecule has 2 atom stereocenters. The van der Waals surface area contributed by atoms with E-state index in [0.29, 0.717) is 22.3 Å². The summed E-state index contributed by atoms with van der Waals surface area (Å²) in [6.07, 6.45) is 3.31. The number of aliphatic hydroxyl groups is 1. The van der Waals surface area contributed by atoms with E-state index in [2.05, 4.69) is 6.92 Å². The average molecular weight is 333 g/mol. The van der Waals surface area contributed by atoms with Crippen LogP contribution in [-0.2, 0) is 0 Å². The molecule has 118 valence electrons. The normalized spacial score (nSPS) is 17.5. The second-order valence-corrected chi connectivity index (χ2v) is 6.68. The Hall–Kier alpha value is -0.480. The van der Waals surface area contributed by atoms with Gasteiger partial charge in [0.2, 0.25) is 0 Å². The van der Waals surface area contributed by atoms with Crippen molar-refractivity contribution in [3.63, 3.8) is 0 Å². The molecule has 0 aromatic heterocycles. The predicted octanol–water partition coefficient (Wildman–Crippen LogP) is 2.44. The molecule has 2 N–H and O–H groups in total. The van der Waals surface area contributed by atoms with Crippen LogP contribution in [0.2, 0.25) is 10.0 Å². The van der Waals surface area contributed by atoms with Crippen molar-refractivity contribution in [1.29, 1.82) is 0 Å². The lowest BCUT2D eigenvalue weighted by Crippen LogP contribution is -3.13. The van der Waals surface area contributed by atoms with E-state index in [4.69, 9.17) is 27.9 Å². The Morgan fingerprint density at radius 2 is 2.00 bits per heavy atom. The highest BCUT2D eigenvalue weighted by atomic mass is 35.5. The smallest absolute Gasteiger partial charge is 0.156 e. The Balaban J connectivity index is 1.81. The van der Waals surface area contributed by atoms with Crippen LogP contribution in [0.1, 0.15) is 26.2 Å². The van der Waals surface area contributed by atoms with Crippen LogP contribution in [0, 0.1) is 5.92 Å². The fraction of sp³-hybridized carbons (Fsp3) is 0.625. The first-order chi connectivity index (χ1) is 10.1. The molecule has 0 spiro atoms. The molecule has 1 fully saturated rings. The summed E-state index contributed by atoms with van der Waals surface area (Å²) in [6.45, 7) is 5.38. The lowest BCUT2D eigenvalue weighted by atomic mass is 10.2. The van der Waals surface area contributed by atoms with Crippen LogP contribution in [0.3, 0.4) is 0 Å². The van der Waals surface area contributed by atoms with Crippen molar-refractivity contribution in [2.75, 3.05) is 26.2 Å². The van der Waals surface area contributed by atoms with E-state index in [-0.39, 0.29) is 6.61 Å². The second-order valence-electron chi connectivity index (χ2n) is 5.87. The number of nitrogens with one attached hydrogen (secondary N) is 1. The molecule has 0 aliphatic heterocycles. The van der Waals surface area contributed by atoms with Gasteiger partial charge in [0.05, 0.1) is 23.1 Å². The van der Waals surface area contributed by atoms with Gasteiger partial charge in [-0.25, -0.2) is 0 Å². The molecule has 0 heterocycles. The van der Waals surface area contributed by atoms with Gasteiger partial charge in [-0.15, -0.1) is 0 Å². The topological polar surface area (TPSA) is 33.9 Å². The van der Waals surface area contributed by atoms with E-state index < -0.39 is 6.10 Å². The molecule has 1 saturated carbocycles. The SMILES string of the molecule is CCC[NH+](CC1CC1)C[C@H](O)COc1c(Cl)cccc1Cl. The first-order valence-corrected chi connectivity index (χ1v) is 8.44. The van der Waals surface area contributed by atoms with Crippen molar-refractivity contribution >= 4 is 23.2 Å². The van der Waals surface area contributed by atoms with Crippen molar-refractivity contribution in [3.8, 4) is 5.75 Å². The summed E-state index contributed by atoms with van der Waals surface area (Å²) in [6, 6.07) is 5.24. The number of quaternary nitrogens is 1. The molecular formula is C16H24Cl2NO2+. The number of hydrogen-bond acceptors (Lipinski definition) is 2. The maximum atomic E-state index is 10.2. The van der Waals surface area contributed by atoms with Gasteiger partial charge in [-0.3, -0.25) is 0 Å². The van der Waals surface area contributed by atoms with Gasteiger partial charge in [0, 0.05) is 5.92 Å². The monoisotopic (exact) mass is 332 g/mol. The Labute approximate surface area is 136 Å². The third kappa shape index (κ3) is 5.67. The van der Waals surface area contributed by atoms with E-state index in [1.807, 2.05) is 0 Å². The third-order valence-corrected chi connectivity index (χ3v) is 4.34. The number of rotatable bonds is 9. The van der Waals surface area contributed by atoms with Crippen LogP contribution < -0.4 is 9.64 Å². The van der Waals surface area contributed by atoms with Gasteiger partial charge < -0.3 is 14.7 Å². The molecule has 1 aliphatic carbocycles. The Bertz CT molecular complexity index is 432. The third-order valence-electron chi connectivity index (χ3n) is 3.74. The highest BCUT2D eigenvalue weighted by Gasteiger charge is 2.28. The van der Waals surface area contributed by atoms with Gasteiger partial charge in [-0.2, -0.15) is 0 Å². The van der Waals surface area contributed by atoms with Gasteiger partial charge in [0.1, 0.15) is 19.3 Å². The Morgan fingerprint density at radius 3 is 2.57 bits per heavy atom. The highest BCUT2D eigenvalue weighted by Crippen LogP contribution is 2.32. The van der Waals surface area contributed by atoms with E-state index in [9.17, 15) is 5.11 Å². The molecule has 3 nitrogen and oxygen atoms in total. The summed E-state index contributed by atoms with van der Waals surface area (Å²) in [5.74, 6) is 1.32. The van der Waals surface area contributed by atoms with Gasteiger partial charge in [0.25, 0.3) is 0 Å². The van der Waals surface area contributed by atoms with Gasteiger partial charge in [-0.05, 0) is 31.4 Å². The fourth-order valence-electron chi connectivity index (χ4n) is 2.56. The summed E-state index contributed by atoms with van der Waals surface area (Å²) < 4.78 is 5.60. The van der Waals surface area contributed by atoms with E-state index >= 15 is 0 Å². The molecule has 5 heteroatoms. The molecule has 0 amide bonds. The van der Waals surface area contributed by atoms with Crippen LogP contribution in [0.25, 0.3) is 0 Å². The van der Waals surface area contributed by atoms with Crippen molar-refractivity contribution < 1.29 is 14.7 Å². The zero-order valence-corrected chi connectivity index (χ0v) is 14.0. The van der Waals surface area contributed by atoms with Gasteiger partial charge >= 0.3 is 0 Å². The van der Waals surface area contributed by atoms with Crippen LogP contribution in [-0.4, -0.2) is 37.5 Å². The minimum Gasteiger partial charge on any atom is -0.488 e. The van der Waals surface area contributed by atoms with Crippen LogP contribution in [0.4, 0.5) is 0 Å². The van der Waals surface area contributed by atoms with Crippen molar-refractivity contribution in [3.05, 3.63) is 28.2 Å². The summed E-state index contributed by atoms with van der Waals surface area (Å²) in [7, 11) is 0. The van der Waals surface area contributed by atoms with Crippen LogP contribution in [0.5, 0.6) is 5.75 Å². The summed E-state index contributed by atoms with van der Waals surface area (Å²) in [5.41, 5.74) is 0. The van der Waals surface area contributed by atoms with Crippen LogP contribution in [0.15, 0.2) is 18.2 Å². The molecule has 0 saturated heterocycles. The van der Waals surface area contributed by atoms with Crippen LogP contribution >= 0.6 is 23.2 Å². The lowest BCUT2D eigenvalue weighted by Gasteiger charge is -2.22. The highest BCUT2D eigenvalue weighted by molar-refractivity contribution is 6.37. The van der Waals surface area contributed by atoms with E-state index in [1.165, 1.54) is 17.7 Å². The fourth-order valence-corrected chi connectivity index (χ4v) is 3.07. The Morgan fingerprint density at radius 1 is 1.33 bits per heavy atom. The molecule has 1 aromatic carbocycles. The molecular weight excluding hydrogens is 309 g/mol. The van der Waals surface area contributed by atoms with E-state index in [0.717, 1.165) is 25.4 Å². The van der Waals surface area contributed by atoms with Crippen molar-refractivity contribution in [1.82, 2.24) is 0 Å². The number of hydrogen-bond donors (Lipinski definition) is 2. The zero-order chi connectivity index (χ0) is 15.2. The zero-order valence-electron chi connectivity index (χ0n) is 12.4. The number of benzene rings is 1. The Kier molecular flexibility index (Phi) is 6.62. The van der Waals surface area contributed by atoms with Crippen molar-refractivity contribution in [2.24, 2.45) is 5.92 Å². The number of ether oxygens (including phenoxy) is 1. The minimum absolute atomic E-state index is 0.224. The number of para-hydroxylation sites is 1. The molecule has 0 radical (unpaired) electrons. The second kappa shape index (κ2) is 8.23. The number of halogens is 2.